The van der Waals surface area contributed by atoms with Gasteiger partial charge in [0.25, 0.3) is 0 Å². The average molecular weight is 233 g/mol. The van der Waals surface area contributed by atoms with Gasteiger partial charge in [0, 0.05) is 0 Å². The number of tetrazole rings is 1. The molecule has 2 N–H and O–H groups in total. The van der Waals surface area contributed by atoms with Gasteiger partial charge in [-0.2, -0.15) is 4.68 Å². The Labute approximate surface area is 99.3 Å². The molecule has 2 rings (SSSR count). The predicted octanol–water partition coefficient (Wildman–Crippen LogP) is 0.845. The maximum absolute atomic E-state index is 9.15. The zero-order valence-corrected chi connectivity index (χ0v) is 9.61. The summed E-state index contributed by atoms with van der Waals surface area (Å²) >= 11 is 0. The lowest BCUT2D eigenvalue weighted by Gasteiger charge is -2.14. The number of nitrogens with zero attached hydrogens (tertiary/aromatic N) is 4. The van der Waals surface area contributed by atoms with Crippen LogP contribution < -0.4 is 5.32 Å². The van der Waals surface area contributed by atoms with Crippen molar-refractivity contribution >= 4 is 5.95 Å². The smallest absolute Gasteiger partial charge is 0.248 e. The topological polar surface area (TPSA) is 75.9 Å². The summed E-state index contributed by atoms with van der Waals surface area (Å²) in [6, 6.07) is 9.57. The van der Waals surface area contributed by atoms with E-state index in [9.17, 15) is 0 Å². The third kappa shape index (κ3) is 2.59. The lowest BCUT2D eigenvalue weighted by molar-refractivity contribution is 0.271. The molecular weight excluding hydrogens is 218 g/mol. The molecule has 0 spiro atoms. The highest BCUT2D eigenvalue weighted by Crippen LogP contribution is 2.11. The second kappa shape index (κ2) is 5.40. The minimum absolute atomic E-state index is 0.0385. The van der Waals surface area contributed by atoms with Crippen LogP contribution in [0.15, 0.2) is 30.3 Å². The molecular formula is C11H15N5O. The highest BCUT2D eigenvalue weighted by Gasteiger charge is 2.11. The van der Waals surface area contributed by atoms with Crippen LogP contribution in [0.1, 0.15) is 13.3 Å². The molecule has 17 heavy (non-hydrogen) atoms. The van der Waals surface area contributed by atoms with Gasteiger partial charge in [-0.15, -0.1) is 0 Å². The molecule has 1 atom stereocenters. The molecule has 2 aromatic rings. The Bertz CT molecular complexity index is 452. The zero-order chi connectivity index (χ0) is 12.1. The molecule has 0 radical (unpaired) electrons. The first-order valence-electron chi connectivity index (χ1n) is 5.56. The molecule has 0 aliphatic carbocycles. The van der Waals surface area contributed by atoms with Gasteiger partial charge < -0.3 is 10.4 Å². The summed E-state index contributed by atoms with van der Waals surface area (Å²) in [5.41, 5.74) is 0.882. The molecule has 1 aromatic carbocycles. The first-order valence-corrected chi connectivity index (χ1v) is 5.56. The van der Waals surface area contributed by atoms with Crippen molar-refractivity contribution in [3.8, 4) is 5.69 Å². The summed E-state index contributed by atoms with van der Waals surface area (Å²) in [6.07, 6.45) is 0.804. The van der Waals surface area contributed by atoms with Crippen LogP contribution in [0.5, 0.6) is 0 Å². The Morgan fingerprint density at radius 2 is 2.12 bits per heavy atom. The number of anilines is 1. The van der Waals surface area contributed by atoms with Crippen molar-refractivity contribution in [3.05, 3.63) is 30.3 Å². The molecule has 0 amide bonds. The SMILES string of the molecule is CC[C@@H](CO)Nc1nnnn1-c1ccccc1. The highest BCUT2D eigenvalue weighted by molar-refractivity contribution is 5.38. The summed E-state index contributed by atoms with van der Waals surface area (Å²) in [5.74, 6) is 0.539. The zero-order valence-electron chi connectivity index (χ0n) is 9.61. The van der Waals surface area contributed by atoms with E-state index in [1.54, 1.807) is 4.68 Å². The Balaban J connectivity index is 2.23. The number of hydrogen-bond acceptors (Lipinski definition) is 5. The highest BCUT2D eigenvalue weighted by atomic mass is 16.3. The first-order chi connectivity index (χ1) is 8.35. The van der Waals surface area contributed by atoms with E-state index in [-0.39, 0.29) is 12.6 Å². The maximum atomic E-state index is 9.15. The molecule has 0 saturated carbocycles. The Hall–Kier alpha value is -1.95. The van der Waals surface area contributed by atoms with E-state index < -0.39 is 0 Å². The number of rotatable bonds is 5. The van der Waals surface area contributed by atoms with Gasteiger partial charge in [-0.05, 0) is 29.0 Å². The van der Waals surface area contributed by atoms with Crippen molar-refractivity contribution in [2.45, 2.75) is 19.4 Å². The lowest BCUT2D eigenvalue weighted by Crippen LogP contribution is -2.24. The number of aliphatic hydroxyl groups excluding tert-OH is 1. The van der Waals surface area contributed by atoms with Crippen LogP contribution in [0.25, 0.3) is 5.69 Å². The fourth-order valence-corrected chi connectivity index (χ4v) is 1.48. The Kier molecular flexibility index (Phi) is 3.66. The second-order valence-electron chi connectivity index (χ2n) is 3.68. The number of nitrogens with one attached hydrogen (secondary N) is 1. The van der Waals surface area contributed by atoms with Crippen LogP contribution in [0, 0.1) is 0 Å². The largest absolute Gasteiger partial charge is 0.394 e. The van der Waals surface area contributed by atoms with Crippen LogP contribution in [0.4, 0.5) is 5.95 Å². The molecule has 0 bridgehead atoms. The molecule has 0 aliphatic rings. The van der Waals surface area contributed by atoms with E-state index in [2.05, 4.69) is 20.8 Å². The standard InChI is InChI=1S/C11H15N5O/c1-2-9(8-17)12-11-13-14-15-16(11)10-6-4-3-5-7-10/h3-7,9,17H,2,8H2,1H3,(H,12,13,15)/t9-/m0/s1. The van der Waals surface area contributed by atoms with Crippen LogP contribution in [0.3, 0.4) is 0 Å². The third-order valence-corrected chi connectivity index (χ3v) is 2.52. The molecule has 1 heterocycles. The van der Waals surface area contributed by atoms with Crippen LogP contribution >= 0.6 is 0 Å². The van der Waals surface area contributed by atoms with Crippen molar-refractivity contribution in [1.82, 2.24) is 20.2 Å². The lowest BCUT2D eigenvalue weighted by atomic mass is 10.2. The maximum Gasteiger partial charge on any atom is 0.248 e. The third-order valence-electron chi connectivity index (χ3n) is 2.52. The monoisotopic (exact) mass is 233 g/mol. The van der Waals surface area contributed by atoms with E-state index in [0.29, 0.717) is 5.95 Å². The van der Waals surface area contributed by atoms with Crippen molar-refractivity contribution < 1.29 is 5.11 Å². The van der Waals surface area contributed by atoms with E-state index in [1.165, 1.54) is 0 Å². The van der Waals surface area contributed by atoms with Gasteiger partial charge in [-0.1, -0.05) is 30.2 Å². The average Bonchev–Trinajstić information content (AvgIpc) is 2.85. The predicted molar refractivity (Wildman–Crippen MR) is 63.9 cm³/mol. The van der Waals surface area contributed by atoms with Crippen LogP contribution in [0.2, 0.25) is 0 Å². The van der Waals surface area contributed by atoms with Crippen LogP contribution in [-0.2, 0) is 0 Å². The summed E-state index contributed by atoms with van der Waals surface area (Å²) < 4.78 is 1.61. The van der Waals surface area contributed by atoms with Gasteiger partial charge in [-0.25, -0.2) is 0 Å². The number of aliphatic hydroxyl groups is 1. The van der Waals surface area contributed by atoms with E-state index in [4.69, 9.17) is 5.11 Å². The minimum Gasteiger partial charge on any atom is -0.394 e. The van der Waals surface area contributed by atoms with E-state index >= 15 is 0 Å². The molecule has 0 saturated heterocycles. The first kappa shape index (κ1) is 11.5. The van der Waals surface area contributed by atoms with E-state index in [0.717, 1.165) is 12.1 Å². The molecule has 6 heteroatoms. The summed E-state index contributed by atoms with van der Waals surface area (Å²) in [7, 11) is 0. The molecule has 90 valence electrons. The summed E-state index contributed by atoms with van der Waals surface area (Å²) in [5, 5.41) is 23.7. The number of para-hydroxylation sites is 1. The quantitative estimate of drug-likeness (QED) is 0.800. The van der Waals surface area contributed by atoms with Gasteiger partial charge in [0.05, 0.1) is 18.3 Å². The van der Waals surface area contributed by atoms with Gasteiger partial charge in [0.15, 0.2) is 0 Å². The number of hydrogen-bond donors (Lipinski definition) is 2. The molecule has 0 unspecified atom stereocenters. The molecule has 0 fully saturated rings. The minimum atomic E-state index is -0.0385. The summed E-state index contributed by atoms with van der Waals surface area (Å²) in [6.45, 7) is 2.04. The Morgan fingerprint density at radius 3 is 2.76 bits per heavy atom. The fourth-order valence-electron chi connectivity index (χ4n) is 1.48. The van der Waals surface area contributed by atoms with Crippen LogP contribution in [-0.4, -0.2) is 38.0 Å². The van der Waals surface area contributed by atoms with Crippen molar-refractivity contribution in [1.29, 1.82) is 0 Å². The Morgan fingerprint density at radius 1 is 1.35 bits per heavy atom. The summed E-state index contributed by atoms with van der Waals surface area (Å²) in [4.78, 5) is 0. The fraction of sp³-hybridized carbons (Fsp3) is 0.364. The van der Waals surface area contributed by atoms with Gasteiger partial charge in [-0.3, -0.25) is 0 Å². The number of benzene rings is 1. The van der Waals surface area contributed by atoms with Crippen molar-refractivity contribution in [2.24, 2.45) is 0 Å². The normalized spacial score (nSPS) is 12.4. The van der Waals surface area contributed by atoms with Gasteiger partial charge in [0.1, 0.15) is 0 Å². The van der Waals surface area contributed by atoms with Gasteiger partial charge >= 0.3 is 0 Å². The van der Waals surface area contributed by atoms with Crippen molar-refractivity contribution in [3.63, 3.8) is 0 Å². The van der Waals surface area contributed by atoms with E-state index in [1.807, 2.05) is 37.3 Å². The van der Waals surface area contributed by atoms with Gasteiger partial charge in [0.2, 0.25) is 5.95 Å². The second-order valence-corrected chi connectivity index (χ2v) is 3.68. The molecule has 6 nitrogen and oxygen atoms in total. The van der Waals surface area contributed by atoms with Crippen molar-refractivity contribution in [2.75, 3.05) is 11.9 Å². The molecule has 0 aliphatic heterocycles. The molecule has 1 aromatic heterocycles. The number of aromatic nitrogens is 4.